The van der Waals surface area contributed by atoms with Crippen LogP contribution in [0.5, 0.6) is 5.75 Å². The molecule has 6 nitrogen and oxygen atoms in total. The fourth-order valence-corrected chi connectivity index (χ4v) is 3.16. The van der Waals surface area contributed by atoms with Crippen molar-refractivity contribution in [1.82, 2.24) is 10.3 Å². The third-order valence-corrected chi connectivity index (χ3v) is 4.69. The summed E-state index contributed by atoms with van der Waals surface area (Å²) in [7, 11) is 1.53. The Morgan fingerprint density at radius 2 is 1.88 bits per heavy atom. The van der Waals surface area contributed by atoms with Crippen LogP contribution in [-0.4, -0.2) is 39.8 Å². The van der Waals surface area contributed by atoms with Gasteiger partial charge in [-0.25, -0.2) is 14.2 Å². The van der Waals surface area contributed by atoms with E-state index in [9.17, 15) is 23.5 Å². The average Bonchev–Trinajstić information content (AvgIpc) is 2.91. The van der Waals surface area contributed by atoms with Crippen molar-refractivity contribution in [3.63, 3.8) is 0 Å². The molecule has 1 aliphatic rings. The maximum absolute atomic E-state index is 13.4. The Kier molecular flexibility index (Phi) is 4.90. The summed E-state index contributed by atoms with van der Waals surface area (Å²) in [6, 6.07) is 6.96. The van der Waals surface area contributed by atoms with Crippen LogP contribution in [0.3, 0.4) is 0 Å². The number of rotatable bonds is 3. The van der Waals surface area contributed by atoms with Crippen molar-refractivity contribution in [3.05, 3.63) is 53.6 Å². The Morgan fingerprint density at radius 1 is 1.19 bits per heavy atom. The molecular weight excluding hydrogens is 364 g/mol. The van der Waals surface area contributed by atoms with Crippen LogP contribution in [0.2, 0.25) is 0 Å². The maximum atomic E-state index is 13.4. The molecule has 2 aromatic carbocycles. The molecule has 1 heterocycles. The van der Waals surface area contributed by atoms with Gasteiger partial charge in [0, 0.05) is 13.1 Å². The molecule has 0 atom stereocenters. The number of carbonyl (C=O) groups is 2. The van der Waals surface area contributed by atoms with E-state index in [1.165, 1.54) is 41.9 Å². The van der Waals surface area contributed by atoms with Gasteiger partial charge in [0.2, 0.25) is 5.91 Å². The van der Waals surface area contributed by atoms with Crippen LogP contribution in [0.1, 0.15) is 10.4 Å². The number of hydrazone groups is 1. The highest BCUT2D eigenvalue weighted by Crippen LogP contribution is 2.27. The summed E-state index contributed by atoms with van der Waals surface area (Å²) in [5.74, 6) is -2.44. The summed E-state index contributed by atoms with van der Waals surface area (Å²) < 4.78 is 26.8. The predicted octanol–water partition coefficient (Wildman–Crippen LogP) is 2.54. The highest BCUT2D eigenvalue weighted by molar-refractivity contribution is 8.15. The molecule has 26 heavy (non-hydrogen) atoms. The van der Waals surface area contributed by atoms with Gasteiger partial charge in [-0.15, -0.1) is 5.10 Å². The minimum absolute atomic E-state index is 0.117. The van der Waals surface area contributed by atoms with Crippen LogP contribution in [0.15, 0.2) is 41.5 Å². The van der Waals surface area contributed by atoms with Crippen LogP contribution in [0.4, 0.5) is 8.78 Å². The number of aromatic hydroxyl groups is 1. The smallest absolute Gasteiger partial charge is 0.275 e. The third kappa shape index (κ3) is 3.67. The maximum Gasteiger partial charge on any atom is 0.275 e. The quantitative estimate of drug-likeness (QED) is 0.806. The monoisotopic (exact) mass is 377 g/mol. The molecule has 2 aromatic rings. The van der Waals surface area contributed by atoms with Crippen LogP contribution >= 0.6 is 11.8 Å². The molecule has 1 saturated heterocycles. The number of carbonyl (C=O) groups excluding carboxylic acids is 2. The lowest BCUT2D eigenvalue weighted by atomic mass is 10.0. The van der Waals surface area contributed by atoms with E-state index >= 15 is 0 Å². The van der Waals surface area contributed by atoms with Gasteiger partial charge in [-0.3, -0.25) is 14.5 Å². The number of amides is 2. The largest absolute Gasteiger partial charge is 0.507 e. The van der Waals surface area contributed by atoms with E-state index < -0.39 is 17.5 Å². The molecule has 0 unspecified atom stereocenters. The number of thioether (sulfide) groups is 1. The first-order valence-corrected chi connectivity index (χ1v) is 8.40. The number of benzene rings is 2. The lowest BCUT2D eigenvalue weighted by Gasteiger charge is -2.10. The molecule has 3 rings (SSSR count). The summed E-state index contributed by atoms with van der Waals surface area (Å²) in [6.45, 7) is 0. The minimum Gasteiger partial charge on any atom is -0.507 e. The van der Waals surface area contributed by atoms with E-state index in [-0.39, 0.29) is 28.5 Å². The number of halogens is 2. The molecule has 0 radical (unpaired) electrons. The highest BCUT2D eigenvalue weighted by atomic mass is 32.2. The van der Waals surface area contributed by atoms with Crippen molar-refractivity contribution < 1.29 is 23.5 Å². The Bertz CT molecular complexity index is 913. The van der Waals surface area contributed by atoms with E-state index in [2.05, 4.69) is 10.5 Å². The summed E-state index contributed by atoms with van der Waals surface area (Å²) >= 11 is 1.17. The predicted molar refractivity (Wildman–Crippen MR) is 93.6 cm³/mol. The summed E-state index contributed by atoms with van der Waals surface area (Å²) in [5, 5.41) is 14.1. The molecule has 0 spiro atoms. The van der Waals surface area contributed by atoms with Crippen molar-refractivity contribution in [3.8, 4) is 16.9 Å². The van der Waals surface area contributed by atoms with Gasteiger partial charge in [0.25, 0.3) is 5.91 Å². The first-order valence-electron chi connectivity index (χ1n) is 7.42. The van der Waals surface area contributed by atoms with E-state index in [0.29, 0.717) is 10.7 Å². The SMILES string of the molecule is CN1C(=O)CS/C1=N/NC(=O)c1cc(-c2cc(F)cc(F)c2)ccc1O. The highest BCUT2D eigenvalue weighted by Gasteiger charge is 2.24. The van der Waals surface area contributed by atoms with E-state index in [1.54, 1.807) is 0 Å². The Balaban J connectivity index is 1.87. The van der Waals surface area contributed by atoms with Gasteiger partial charge in [0.15, 0.2) is 5.17 Å². The standard InChI is InChI=1S/C17H13F2N3O3S/c1-22-15(24)8-26-17(22)21-20-16(25)13-6-9(2-3-14(13)23)10-4-11(18)7-12(19)5-10/h2-7,23H,8H2,1H3,(H,20,25)/b21-17+. The number of amidine groups is 1. The van der Waals surface area contributed by atoms with Gasteiger partial charge < -0.3 is 5.11 Å². The van der Waals surface area contributed by atoms with Crippen molar-refractivity contribution in [2.45, 2.75) is 0 Å². The number of hydrogen-bond acceptors (Lipinski definition) is 5. The molecule has 134 valence electrons. The van der Waals surface area contributed by atoms with E-state index in [4.69, 9.17) is 0 Å². The zero-order valence-corrected chi connectivity index (χ0v) is 14.3. The average molecular weight is 377 g/mol. The second-order valence-corrected chi connectivity index (χ2v) is 6.41. The minimum atomic E-state index is -0.753. The van der Waals surface area contributed by atoms with Crippen LogP contribution in [0, 0.1) is 11.6 Å². The van der Waals surface area contributed by atoms with Crippen molar-refractivity contribution in [1.29, 1.82) is 0 Å². The first kappa shape index (κ1) is 17.9. The van der Waals surface area contributed by atoms with Gasteiger partial charge in [0.1, 0.15) is 17.4 Å². The van der Waals surface area contributed by atoms with E-state index in [0.717, 1.165) is 18.2 Å². The van der Waals surface area contributed by atoms with Gasteiger partial charge >= 0.3 is 0 Å². The molecule has 0 saturated carbocycles. The lowest BCUT2D eigenvalue weighted by molar-refractivity contribution is -0.123. The topological polar surface area (TPSA) is 82.0 Å². The molecule has 2 amide bonds. The van der Waals surface area contributed by atoms with Crippen LogP contribution < -0.4 is 5.43 Å². The normalized spacial score (nSPS) is 15.6. The fourth-order valence-electron chi connectivity index (χ4n) is 2.31. The summed E-state index contributed by atoms with van der Waals surface area (Å²) in [5.41, 5.74) is 2.71. The van der Waals surface area contributed by atoms with Gasteiger partial charge in [0.05, 0.1) is 11.3 Å². The first-order chi connectivity index (χ1) is 12.3. The molecule has 0 aromatic heterocycles. The van der Waals surface area contributed by atoms with E-state index in [1.807, 2.05) is 0 Å². The molecule has 1 fully saturated rings. The summed E-state index contributed by atoms with van der Waals surface area (Å²) in [6.07, 6.45) is 0. The molecule has 0 bridgehead atoms. The number of nitrogens with one attached hydrogen (secondary N) is 1. The van der Waals surface area contributed by atoms with Crippen LogP contribution in [0.25, 0.3) is 11.1 Å². The third-order valence-electron chi connectivity index (χ3n) is 3.68. The van der Waals surface area contributed by atoms with Crippen molar-refractivity contribution in [2.75, 3.05) is 12.8 Å². The Hall–Kier alpha value is -2.94. The Morgan fingerprint density at radius 3 is 2.50 bits per heavy atom. The second-order valence-electron chi connectivity index (χ2n) is 5.47. The van der Waals surface area contributed by atoms with Gasteiger partial charge in [-0.2, -0.15) is 0 Å². The zero-order chi connectivity index (χ0) is 18.8. The van der Waals surface area contributed by atoms with Gasteiger partial charge in [-0.1, -0.05) is 17.8 Å². The van der Waals surface area contributed by atoms with Crippen LogP contribution in [-0.2, 0) is 4.79 Å². The Labute approximate surface area is 151 Å². The van der Waals surface area contributed by atoms with Gasteiger partial charge in [-0.05, 0) is 35.4 Å². The summed E-state index contributed by atoms with van der Waals surface area (Å²) in [4.78, 5) is 25.0. The molecule has 9 heteroatoms. The molecule has 1 aliphatic heterocycles. The number of hydrogen-bond donors (Lipinski definition) is 2. The van der Waals surface area contributed by atoms with Crippen molar-refractivity contribution >= 4 is 28.7 Å². The number of phenols is 1. The lowest BCUT2D eigenvalue weighted by Crippen LogP contribution is -2.27. The molecular formula is C17H13F2N3O3S. The zero-order valence-electron chi connectivity index (χ0n) is 13.5. The second kappa shape index (κ2) is 7.12. The van der Waals surface area contributed by atoms with Crippen molar-refractivity contribution in [2.24, 2.45) is 5.10 Å². The fraction of sp³-hybridized carbons (Fsp3) is 0.118. The molecule has 2 N–H and O–H groups in total. The molecule has 0 aliphatic carbocycles. The number of nitrogens with zero attached hydrogens (tertiary/aromatic N) is 2. The number of phenolic OH excluding ortho intramolecular Hbond substituents is 1.